The van der Waals surface area contributed by atoms with E-state index in [0.29, 0.717) is 11.8 Å². The summed E-state index contributed by atoms with van der Waals surface area (Å²) in [6, 6.07) is 0.726. The molecule has 2 heterocycles. The van der Waals surface area contributed by atoms with E-state index in [-0.39, 0.29) is 15.8 Å². The molecule has 0 bridgehead atoms. The van der Waals surface area contributed by atoms with Crippen LogP contribution < -0.4 is 5.32 Å². The highest BCUT2D eigenvalue weighted by Crippen LogP contribution is 2.31. The quantitative estimate of drug-likeness (QED) is 0.513. The normalized spacial score (nSPS) is 17.7. The maximum atomic E-state index is 12.7. The van der Waals surface area contributed by atoms with Crippen LogP contribution in [0.2, 0.25) is 0 Å². The number of carbonyl (C=O) groups is 2. The average molecular weight is 321 g/mol. The number of nitrogens with one attached hydrogen (secondary N) is 1. The molecule has 1 aromatic rings. The van der Waals surface area contributed by atoms with Crippen molar-refractivity contribution < 1.29 is 22.8 Å². The number of carbonyl (C=O) groups excluding carboxylic acids is 2. The van der Waals surface area contributed by atoms with Gasteiger partial charge >= 0.3 is 6.18 Å². The first-order chi connectivity index (χ1) is 9.29. The summed E-state index contributed by atoms with van der Waals surface area (Å²) in [7, 11) is 0. The second kappa shape index (κ2) is 5.44. The Morgan fingerprint density at radius 1 is 1.35 bits per heavy atom. The smallest absolute Gasteiger partial charge is 0.282 e. The second-order valence-electron chi connectivity index (χ2n) is 3.51. The van der Waals surface area contributed by atoms with Crippen LogP contribution >= 0.6 is 23.5 Å². The molecule has 1 fully saturated rings. The van der Waals surface area contributed by atoms with Crippen molar-refractivity contribution in [3.8, 4) is 0 Å². The summed E-state index contributed by atoms with van der Waals surface area (Å²) in [5, 5.41) is 1.37. The molecule has 106 valence electrons. The fraction of sp³-hybridized carbons (Fsp3) is 0.200. The van der Waals surface area contributed by atoms with Crippen LogP contribution in [0.4, 0.5) is 18.0 Å². The number of alkyl halides is 3. The molecule has 0 aromatic carbocycles. The van der Waals surface area contributed by atoms with E-state index in [2.05, 4.69) is 9.97 Å². The zero-order valence-corrected chi connectivity index (χ0v) is 11.4. The number of hydrogen-bond acceptors (Lipinski definition) is 6. The molecule has 5 nitrogen and oxygen atoms in total. The number of hydrogen-bond donors (Lipinski definition) is 1. The van der Waals surface area contributed by atoms with E-state index in [0.717, 1.165) is 23.9 Å². The molecular weight excluding hydrogens is 315 g/mol. The molecule has 1 aliphatic heterocycles. The molecule has 0 unspecified atom stereocenters. The minimum absolute atomic E-state index is 0.00567. The maximum absolute atomic E-state index is 12.7. The van der Waals surface area contributed by atoms with E-state index in [1.165, 1.54) is 6.26 Å². The second-order valence-corrected chi connectivity index (χ2v) is 5.30. The molecule has 2 amide bonds. The van der Waals surface area contributed by atoms with Crippen molar-refractivity contribution in [1.82, 2.24) is 15.3 Å². The van der Waals surface area contributed by atoms with Gasteiger partial charge in [0.15, 0.2) is 5.16 Å². The maximum Gasteiger partial charge on any atom is 0.433 e. The Bertz CT molecular complexity index is 616. The lowest BCUT2D eigenvalue weighted by Gasteiger charge is -2.07. The minimum atomic E-state index is -4.61. The van der Waals surface area contributed by atoms with Gasteiger partial charge in [0, 0.05) is 0 Å². The first-order valence-electron chi connectivity index (χ1n) is 5.04. The zero-order chi connectivity index (χ0) is 14.9. The van der Waals surface area contributed by atoms with Gasteiger partial charge in [0.2, 0.25) is 0 Å². The third-order valence-corrected chi connectivity index (χ3v) is 3.48. The topological polar surface area (TPSA) is 72.0 Å². The Labute approximate surface area is 119 Å². The number of amides is 2. The first kappa shape index (κ1) is 14.9. The number of thioether (sulfide) groups is 2. The molecule has 0 radical (unpaired) electrons. The van der Waals surface area contributed by atoms with Gasteiger partial charge in [-0.05, 0) is 30.2 Å². The highest BCUT2D eigenvalue weighted by molar-refractivity contribution is 8.18. The predicted molar refractivity (Wildman–Crippen MR) is 67.9 cm³/mol. The number of nitrogens with zero attached hydrogens (tertiary/aromatic N) is 2. The lowest BCUT2D eigenvalue weighted by Crippen LogP contribution is -2.17. The summed E-state index contributed by atoms with van der Waals surface area (Å²) in [5.74, 6) is -0.655. The van der Waals surface area contributed by atoms with Crippen molar-refractivity contribution in [2.45, 2.75) is 11.3 Å². The highest BCUT2D eigenvalue weighted by atomic mass is 32.2. The van der Waals surface area contributed by atoms with Crippen LogP contribution in [0.25, 0.3) is 6.08 Å². The first-order valence-corrected chi connectivity index (χ1v) is 7.09. The van der Waals surface area contributed by atoms with Crippen LogP contribution in [0.3, 0.4) is 0 Å². The van der Waals surface area contributed by atoms with Crippen LogP contribution in [0.1, 0.15) is 11.4 Å². The fourth-order valence-electron chi connectivity index (χ4n) is 1.31. The van der Waals surface area contributed by atoms with Gasteiger partial charge in [0.1, 0.15) is 5.69 Å². The number of imide groups is 1. The Kier molecular flexibility index (Phi) is 4.04. The van der Waals surface area contributed by atoms with Crippen molar-refractivity contribution in [2.75, 3.05) is 6.26 Å². The third kappa shape index (κ3) is 3.31. The van der Waals surface area contributed by atoms with Crippen LogP contribution in [0, 0.1) is 0 Å². The lowest BCUT2D eigenvalue weighted by atomic mass is 10.3. The Balaban J connectivity index is 2.44. The number of halogens is 3. The fourth-order valence-corrected chi connectivity index (χ4v) is 2.36. The molecule has 0 saturated carbocycles. The van der Waals surface area contributed by atoms with Gasteiger partial charge < -0.3 is 0 Å². The van der Waals surface area contributed by atoms with Gasteiger partial charge in [-0.2, -0.15) is 13.2 Å². The zero-order valence-electron chi connectivity index (χ0n) is 9.82. The van der Waals surface area contributed by atoms with Gasteiger partial charge in [-0.25, -0.2) is 9.97 Å². The molecular formula is C10H6F3N3O2S2. The SMILES string of the molecule is CSc1nc(/C=C2/SC(=O)NC2=O)cc(C(F)(F)F)n1. The molecule has 0 atom stereocenters. The van der Waals surface area contributed by atoms with Gasteiger partial charge in [-0.3, -0.25) is 14.9 Å². The molecule has 1 N–H and O–H groups in total. The summed E-state index contributed by atoms with van der Waals surface area (Å²) < 4.78 is 38.0. The summed E-state index contributed by atoms with van der Waals surface area (Å²) in [5.41, 5.74) is -1.18. The third-order valence-electron chi connectivity index (χ3n) is 2.12. The van der Waals surface area contributed by atoms with Crippen molar-refractivity contribution in [3.63, 3.8) is 0 Å². The molecule has 1 saturated heterocycles. The predicted octanol–water partition coefficient (Wildman–Crippen LogP) is 2.54. The standard InChI is InChI=1S/C10H6F3N3O2S2/c1-19-8-14-4(3-6(15-8)10(11,12)13)2-5-7(17)16-9(18)20-5/h2-3H,1H3,(H,16,17,18)/b5-2+. The Morgan fingerprint density at radius 2 is 2.05 bits per heavy atom. The molecule has 2 rings (SSSR count). The van der Waals surface area contributed by atoms with Crippen molar-refractivity contribution in [3.05, 3.63) is 22.4 Å². The van der Waals surface area contributed by atoms with Crippen LogP contribution in [0.5, 0.6) is 0 Å². The average Bonchev–Trinajstić information content (AvgIpc) is 2.66. The van der Waals surface area contributed by atoms with Crippen LogP contribution in [0.15, 0.2) is 16.1 Å². The van der Waals surface area contributed by atoms with Crippen LogP contribution in [-0.4, -0.2) is 27.4 Å². The van der Waals surface area contributed by atoms with E-state index < -0.39 is 23.0 Å². The monoisotopic (exact) mass is 321 g/mol. The van der Waals surface area contributed by atoms with E-state index in [4.69, 9.17) is 0 Å². The van der Waals surface area contributed by atoms with Crippen LogP contribution in [-0.2, 0) is 11.0 Å². The van der Waals surface area contributed by atoms with Gasteiger partial charge in [-0.15, -0.1) is 0 Å². The molecule has 1 aliphatic rings. The molecule has 1 aromatic heterocycles. The van der Waals surface area contributed by atoms with E-state index >= 15 is 0 Å². The molecule has 0 spiro atoms. The van der Waals surface area contributed by atoms with E-state index in [9.17, 15) is 22.8 Å². The summed E-state index contributed by atoms with van der Waals surface area (Å²) >= 11 is 1.56. The highest BCUT2D eigenvalue weighted by Gasteiger charge is 2.34. The molecule has 10 heteroatoms. The van der Waals surface area contributed by atoms with Crippen molar-refractivity contribution >= 4 is 40.7 Å². The summed E-state index contributed by atoms with van der Waals surface area (Å²) in [6.07, 6.45) is -1.95. The van der Waals surface area contributed by atoms with E-state index in [1.807, 2.05) is 5.32 Å². The van der Waals surface area contributed by atoms with Gasteiger partial charge in [-0.1, -0.05) is 11.8 Å². The Morgan fingerprint density at radius 3 is 2.55 bits per heavy atom. The molecule has 20 heavy (non-hydrogen) atoms. The minimum Gasteiger partial charge on any atom is -0.282 e. The van der Waals surface area contributed by atoms with Crippen molar-refractivity contribution in [2.24, 2.45) is 0 Å². The lowest BCUT2D eigenvalue weighted by molar-refractivity contribution is -0.141. The summed E-state index contributed by atoms with van der Waals surface area (Å²) in [4.78, 5) is 29.5. The van der Waals surface area contributed by atoms with Gasteiger partial charge in [0.05, 0.1) is 10.6 Å². The Hall–Kier alpha value is -1.55. The van der Waals surface area contributed by atoms with Gasteiger partial charge in [0.25, 0.3) is 11.1 Å². The number of rotatable bonds is 2. The number of aromatic nitrogens is 2. The van der Waals surface area contributed by atoms with Crippen molar-refractivity contribution in [1.29, 1.82) is 0 Å². The van der Waals surface area contributed by atoms with E-state index in [1.54, 1.807) is 0 Å². The summed E-state index contributed by atoms with van der Waals surface area (Å²) in [6.45, 7) is 0. The largest absolute Gasteiger partial charge is 0.433 e. The molecule has 0 aliphatic carbocycles.